The van der Waals surface area contributed by atoms with Crippen LogP contribution < -0.4 is 0 Å². The molecule has 0 aliphatic carbocycles. The Hall–Kier alpha value is 0.910. The normalized spacial score (nSPS) is 48.8. The summed E-state index contributed by atoms with van der Waals surface area (Å²) in [5.41, 5.74) is 0. The fraction of sp³-hybridized carbons (Fsp3) is 1.00. The van der Waals surface area contributed by atoms with Crippen LogP contribution in [0.5, 0.6) is 0 Å². The zero-order chi connectivity index (χ0) is 9.64. The molecule has 2 aliphatic rings. The lowest BCUT2D eigenvalue weighted by Gasteiger charge is -2.19. The van der Waals surface area contributed by atoms with Crippen LogP contribution in [-0.4, -0.2) is 28.6 Å². The molecule has 0 spiro atoms. The van der Waals surface area contributed by atoms with Crippen LogP contribution in [0.1, 0.15) is 25.7 Å². The van der Waals surface area contributed by atoms with Crippen LogP contribution in [0.2, 0.25) is 0 Å². The molecule has 2 nitrogen and oxygen atoms in total. The number of hydrogen-bond acceptors (Lipinski definition) is 2. The maximum atomic E-state index is 11.9. The molecule has 0 aromatic carbocycles. The molecule has 2 rings (SSSR count). The zero-order valence-electron chi connectivity index (χ0n) is 7.12. The van der Waals surface area contributed by atoms with E-state index in [4.69, 9.17) is 0 Å². The Balaban J connectivity index is 2.37. The first-order chi connectivity index (χ1) is 6.03. The largest absolute Gasteiger partial charge is 0.228 e. The maximum absolute atomic E-state index is 11.9. The minimum atomic E-state index is -2.82. The number of fused-ring (bicyclic) bond motifs is 2. The Kier molecular flexibility index (Phi) is 2.80. The van der Waals surface area contributed by atoms with Gasteiger partial charge in [0.05, 0.1) is 10.5 Å². The summed E-state index contributed by atoms with van der Waals surface area (Å²) in [4.78, 5) is 0.419. The van der Waals surface area contributed by atoms with Gasteiger partial charge >= 0.3 is 0 Å². The summed E-state index contributed by atoms with van der Waals surface area (Å²) in [6.07, 6.45) is 3.51. The van der Waals surface area contributed by atoms with Crippen molar-refractivity contribution in [3.8, 4) is 0 Å². The standard InChI is InChI=1S/C8H12Br2O2S/c9-6-3-1-5-2-4-7(8(6)10)13(5,11)12/h5-8H,1-4H2/t5-,6+,7-,8-/m0/s1. The van der Waals surface area contributed by atoms with Crippen molar-refractivity contribution in [3.63, 3.8) is 0 Å². The zero-order valence-corrected chi connectivity index (χ0v) is 11.1. The van der Waals surface area contributed by atoms with Crippen LogP contribution in [0.15, 0.2) is 0 Å². The van der Waals surface area contributed by atoms with E-state index in [1.807, 2.05) is 0 Å². The molecule has 0 radical (unpaired) electrons. The van der Waals surface area contributed by atoms with Gasteiger partial charge in [-0.15, -0.1) is 0 Å². The first-order valence-corrected chi connectivity index (χ1v) is 7.98. The first kappa shape index (κ1) is 10.4. The Bertz CT molecular complexity index is 301. The second kappa shape index (κ2) is 3.49. The van der Waals surface area contributed by atoms with E-state index in [9.17, 15) is 8.42 Å². The maximum Gasteiger partial charge on any atom is 0.157 e. The Labute approximate surface area is 95.6 Å². The number of alkyl halides is 2. The first-order valence-electron chi connectivity index (χ1n) is 4.54. The van der Waals surface area contributed by atoms with Crippen molar-refractivity contribution in [2.24, 2.45) is 0 Å². The van der Waals surface area contributed by atoms with E-state index in [1.54, 1.807) is 0 Å². The molecule has 76 valence electrons. The van der Waals surface area contributed by atoms with Gasteiger partial charge in [-0.2, -0.15) is 0 Å². The molecule has 0 N–H and O–H groups in total. The van der Waals surface area contributed by atoms with Crippen LogP contribution in [0, 0.1) is 0 Å². The highest BCUT2D eigenvalue weighted by atomic mass is 79.9. The SMILES string of the molecule is O=S1(=O)[C@H]2CC[C@@H](Br)[C@H](Br)[C@@H]1CC2. The molecule has 0 aromatic heterocycles. The predicted octanol–water partition coefficient (Wildman–Crippen LogP) is 2.25. The highest BCUT2D eigenvalue weighted by Crippen LogP contribution is 2.41. The molecule has 13 heavy (non-hydrogen) atoms. The quantitative estimate of drug-likeness (QED) is 0.638. The predicted molar refractivity (Wildman–Crippen MR) is 60.4 cm³/mol. The fourth-order valence-corrected chi connectivity index (χ4v) is 7.02. The van der Waals surface area contributed by atoms with Crippen LogP contribution in [0.3, 0.4) is 0 Å². The third kappa shape index (κ3) is 1.61. The molecule has 0 aromatic rings. The van der Waals surface area contributed by atoms with Crippen molar-refractivity contribution in [1.82, 2.24) is 0 Å². The molecule has 0 amide bonds. The molecule has 2 fully saturated rings. The van der Waals surface area contributed by atoms with Gasteiger partial charge in [0.15, 0.2) is 9.84 Å². The fourth-order valence-electron chi connectivity index (χ4n) is 2.31. The van der Waals surface area contributed by atoms with Crippen molar-refractivity contribution in [1.29, 1.82) is 0 Å². The highest BCUT2D eigenvalue weighted by Gasteiger charge is 2.48. The van der Waals surface area contributed by atoms with Gasteiger partial charge in [-0.1, -0.05) is 31.9 Å². The van der Waals surface area contributed by atoms with Crippen LogP contribution in [0.25, 0.3) is 0 Å². The number of hydrogen-bond donors (Lipinski definition) is 0. The summed E-state index contributed by atoms with van der Waals surface area (Å²) in [6, 6.07) is 0. The molecule has 4 atom stereocenters. The lowest BCUT2D eigenvalue weighted by molar-refractivity contribution is 0.579. The summed E-state index contributed by atoms with van der Waals surface area (Å²) >= 11 is 7.05. The average Bonchev–Trinajstić information content (AvgIpc) is 2.30. The van der Waals surface area contributed by atoms with Crippen molar-refractivity contribution in [3.05, 3.63) is 0 Å². The van der Waals surface area contributed by atoms with E-state index in [0.717, 1.165) is 25.7 Å². The van der Waals surface area contributed by atoms with Crippen LogP contribution in [0.4, 0.5) is 0 Å². The second-order valence-electron chi connectivity index (χ2n) is 3.86. The molecule has 5 heteroatoms. The Morgan fingerprint density at radius 3 is 2.31 bits per heavy atom. The smallest absolute Gasteiger partial charge is 0.157 e. The van der Waals surface area contributed by atoms with E-state index < -0.39 is 9.84 Å². The third-order valence-corrected chi connectivity index (χ3v) is 9.26. The van der Waals surface area contributed by atoms with E-state index >= 15 is 0 Å². The van der Waals surface area contributed by atoms with E-state index in [0.29, 0.717) is 4.83 Å². The van der Waals surface area contributed by atoms with Gasteiger partial charge in [0.25, 0.3) is 0 Å². The molecule has 2 saturated heterocycles. The lowest BCUT2D eigenvalue weighted by Crippen LogP contribution is -2.31. The summed E-state index contributed by atoms with van der Waals surface area (Å²) in [5, 5.41) is -0.204. The minimum Gasteiger partial charge on any atom is -0.228 e. The molecule has 0 saturated carbocycles. The molecular formula is C8H12Br2O2S. The van der Waals surface area contributed by atoms with Crippen LogP contribution in [-0.2, 0) is 9.84 Å². The summed E-state index contributed by atoms with van der Waals surface area (Å²) in [5.74, 6) is 0. The van der Waals surface area contributed by atoms with Gasteiger partial charge in [-0.25, -0.2) is 8.42 Å². The van der Waals surface area contributed by atoms with Gasteiger partial charge in [0.2, 0.25) is 0 Å². The highest BCUT2D eigenvalue weighted by molar-refractivity contribution is 9.12. The number of halogens is 2. The van der Waals surface area contributed by atoms with Crippen molar-refractivity contribution >= 4 is 41.7 Å². The molecular weight excluding hydrogens is 320 g/mol. The summed E-state index contributed by atoms with van der Waals surface area (Å²) in [6.45, 7) is 0. The van der Waals surface area contributed by atoms with Crippen molar-refractivity contribution in [2.45, 2.75) is 45.8 Å². The van der Waals surface area contributed by atoms with Gasteiger partial charge in [0.1, 0.15) is 0 Å². The number of sulfone groups is 1. The Morgan fingerprint density at radius 1 is 1.00 bits per heavy atom. The summed E-state index contributed by atoms with van der Waals surface area (Å²) in [7, 11) is -2.82. The van der Waals surface area contributed by atoms with Crippen molar-refractivity contribution in [2.75, 3.05) is 0 Å². The Morgan fingerprint density at radius 2 is 1.62 bits per heavy atom. The summed E-state index contributed by atoms with van der Waals surface area (Å²) < 4.78 is 23.8. The van der Waals surface area contributed by atoms with Crippen molar-refractivity contribution < 1.29 is 8.42 Å². The molecule has 2 heterocycles. The lowest BCUT2D eigenvalue weighted by atomic mass is 10.0. The minimum absolute atomic E-state index is 0.0555. The molecule has 0 unspecified atom stereocenters. The van der Waals surface area contributed by atoms with E-state index in [-0.39, 0.29) is 15.3 Å². The van der Waals surface area contributed by atoms with Gasteiger partial charge < -0.3 is 0 Å². The second-order valence-corrected chi connectivity index (χ2v) is 8.55. The van der Waals surface area contributed by atoms with Crippen LogP contribution >= 0.6 is 31.9 Å². The van der Waals surface area contributed by atoms with Gasteiger partial charge in [0, 0.05) is 9.65 Å². The molecule has 2 bridgehead atoms. The van der Waals surface area contributed by atoms with Gasteiger partial charge in [-0.3, -0.25) is 0 Å². The third-order valence-electron chi connectivity index (χ3n) is 3.12. The molecule has 2 aliphatic heterocycles. The average molecular weight is 332 g/mol. The topological polar surface area (TPSA) is 34.1 Å². The monoisotopic (exact) mass is 330 g/mol. The van der Waals surface area contributed by atoms with Gasteiger partial charge in [-0.05, 0) is 25.7 Å². The number of rotatable bonds is 0. The van der Waals surface area contributed by atoms with E-state index in [2.05, 4.69) is 31.9 Å². The van der Waals surface area contributed by atoms with E-state index in [1.165, 1.54) is 0 Å².